The van der Waals surface area contributed by atoms with Crippen LogP contribution in [0.25, 0.3) is 0 Å². The predicted molar refractivity (Wildman–Crippen MR) is 74.3 cm³/mol. The normalized spacial score (nSPS) is 25.4. The van der Waals surface area contributed by atoms with Crippen LogP contribution in [0.2, 0.25) is 0 Å². The van der Waals surface area contributed by atoms with E-state index in [1.807, 2.05) is 0 Å². The minimum Gasteiger partial charge on any atom is -0.372 e. The summed E-state index contributed by atoms with van der Waals surface area (Å²) in [5.41, 5.74) is 0.129. The van der Waals surface area contributed by atoms with Crippen LogP contribution in [0.3, 0.4) is 0 Å². The topological polar surface area (TPSA) is 21.3 Å². The molecule has 1 heterocycles. The molecule has 2 unspecified atom stereocenters. The van der Waals surface area contributed by atoms with E-state index in [1.165, 1.54) is 25.7 Å². The first kappa shape index (κ1) is 15.0. The fraction of sp³-hybridized carbons (Fsp3) is 1.00. The molecule has 17 heavy (non-hydrogen) atoms. The Morgan fingerprint density at radius 2 is 1.94 bits per heavy atom. The third-order valence-electron chi connectivity index (χ3n) is 3.58. The van der Waals surface area contributed by atoms with Crippen LogP contribution in [0.5, 0.6) is 0 Å². The van der Waals surface area contributed by atoms with Gasteiger partial charge in [0.15, 0.2) is 0 Å². The van der Waals surface area contributed by atoms with Gasteiger partial charge in [0.1, 0.15) is 0 Å². The van der Waals surface area contributed by atoms with Gasteiger partial charge in [0.05, 0.1) is 11.7 Å². The molecule has 0 radical (unpaired) electrons. The summed E-state index contributed by atoms with van der Waals surface area (Å²) in [5.74, 6) is 1.52. The van der Waals surface area contributed by atoms with Crippen LogP contribution in [0.1, 0.15) is 60.3 Å². The van der Waals surface area contributed by atoms with Gasteiger partial charge in [0.2, 0.25) is 0 Å². The zero-order valence-electron chi connectivity index (χ0n) is 12.4. The molecule has 1 aliphatic rings. The van der Waals surface area contributed by atoms with Crippen LogP contribution >= 0.6 is 0 Å². The van der Waals surface area contributed by atoms with Gasteiger partial charge in [-0.1, -0.05) is 20.8 Å². The van der Waals surface area contributed by atoms with Crippen molar-refractivity contribution in [3.05, 3.63) is 0 Å². The monoisotopic (exact) mass is 241 g/mol. The highest BCUT2D eigenvalue weighted by molar-refractivity contribution is 4.81. The van der Waals surface area contributed by atoms with E-state index in [1.54, 1.807) is 0 Å². The first-order valence-electron chi connectivity index (χ1n) is 7.27. The van der Waals surface area contributed by atoms with Gasteiger partial charge in [-0.25, -0.2) is 0 Å². The Morgan fingerprint density at radius 1 is 1.24 bits per heavy atom. The molecule has 2 nitrogen and oxygen atoms in total. The molecule has 2 atom stereocenters. The minimum atomic E-state index is 0.129. The molecule has 1 aliphatic heterocycles. The predicted octanol–water partition coefficient (Wildman–Crippen LogP) is 3.61. The van der Waals surface area contributed by atoms with E-state index < -0.39 is 0 Å². The lowest BCUT2D eigenvalue weighted by molar-refractivity contribution is -0.0202. The molecule has 0 aromatic rings. The van der Waals surface area contributed by atoms with E-state index in [2.05, 4.69) is 39.9 Å². The highest BCUT2D eigenvalue weighted by Gasteiger charge is 2.31. The van der Waals surface area contributed by atoms with Crippen LogP contribution in [0, 0.1) is 11.8 Å². The summed E-state index contributed by atoms with van der Waals surface area (Å²) in [7, 11) is 0. The summed E-state index contributed by atoms with van der Waals surface area (Å²) in [4.78, 5) is 0. The molecule has 0 aromatic heterocycles. The molecule has 2 heteroatoms. The Hall–Kier alpha value is -0.0800. The van der Waals surface area contributed by atoms with Crippen LogP contribution in [0.15, 0.2) is 0 Å². The molecule has 1 saturated heterocycles. The van der Waals surface area contributed by atoms with Crippen molar-refractivity contribution in [3.8, 4) is 0 Å². The van der Waals surface area contributed by atoms with E-state index in [0.717, 1.165) is 24.9 Å². The average molecular weight is 241 g/mol. The average Bonchev–Trinajstić information content (AvgIpc) is 2.55. The largest absolute Gasteiger partial charge is 0.372 e. The number of ether oxygens (including phenoxy) is 1. The van der Waals surface area contributed by atoms with Gasteiger partial charge in [-0.2, -0.15) is 0 Å². The van der Waals surface area contributed by atoms with E-state index in [-0.39, 0.29) is 5.60 Å². The fourth-order valence-corrected chi connectivity index (χ4v) is 2.47. The van der Waals surface area contributed by atoms with Crippen molar-refractivity contribution >= 4 is 0 Å². The van der Waals surface area contributed by atoms with Gasteiger partial charge in [0.25, 0.3) is 0 Å². The molecule has 102 valence electrons. The zero-order valence-corrected chi connectivity index (χ0v) is 12.4. The molecule has 0 amide bonds. The van der Waals surface area contributed by atoms with Gasteiger partial charge < -0.3 is 10.1 Å². The Labute approximate surface area is 108 Å². The van der Waals surface area contributed by atoms with Gasteiger partial charge >= 0.3 is 0 Å². The van der Waals surface area contributed by atoms with Crippen molar-refractivity contribution < 1.29 is 4.74 Å². The number of rotatable bonds is 7. The van der Waals surface area contributed by atoms with Crippen molar-refractivity contribution in [1.29, 1.82) is 0 Å². The molecule has 0 bridgehead atoms. The third-order valence-corrected chi connectivity index (χ3v) is 3.58. The summed E-state index contributed by atoms with van der Waals surface area (Å²) in [6.07, 6.45) is 5.49. The summed E-state index contributed by atoms with van der Waals surface area (Å²) >= 11 is 0. The van der Waals surface area contributed by atoms with Crippen molar-refractivity contribution in [2.45, 2.75) is 72.0 Å². The Bertz CT molecular complexity index is 213. The van der Waals surface area contributed by atoms with Crippen LogP contribution in [-0.4, -0.2) is 24.8 Å². The van der Waals surface area contributed by atoms with Gasteiger partial charge in [-0.05, 0) is 64.5 Å². The fourth-order valence-electron chi connectivity index (χ4n) is 2.47. The Morgan fingerprint density at radius 3 is 2.47 bits per heavy atom. The first-order chi connectivity index (χ1) is 7.89. The van der Waals surface area contributed by atoms with Crippen molar-refractivity contribution in [2.75, 3.05) is 13.1 Å². The van der Waals surface area contributed by atoms with Crippen LogP contribution < -0.4 is 5.32 Å². The number of nitrogens with one attached hydrogen (secondary N) is 1. The van der Waals surface area contributed by atoms with Crippen LogP contribution in [0.4, 0.5) is 0 Å². The summed E-state index contributed by atoms with van der Waals surface area (Å²) in [6, 6.07) is 0. The van der Waals surface area contributed by atoms with Crippen molar-refractivity contribution in [3.63, 3.8) is 0 Å². The van der Waals surface area contributed by atoms with Gasteiger partial charge in [0, 0.05) is 0 Å². The molecular weight excluding hydrogens is 210 g/mol. The van der Waals surface area contributed by atoms with Crippen LogP contribution in [-0.2, 0) is 4.74 Å². The lowest BCUT2D eigenvalue weighted by atomic mass is 10.00. The molecule has 0 aromatic carbocycles. The Kier molecular flexibility index (Phi) is 5.94. The highest BCUT2D eigenvalue weighted by atomic mass is 16.5. The maximum absolute atomic E-state index is 6.02. The Balaban J connectivity index is 2.06. The molecule has 0 aliphatic carbocycles. The smallest absolute Gasteiger partial charge is 0.0631 e. The molecule has 0 spiro atoms. The first-order valence-corrected chi connectivity index (χ1v) is 7.27. The SMILES string of the molecule is CC(C)CNCC(C)CCC1CCC(C)(C)O1. The van der Waals surface area contributed by atoms with Crippen molar-refractivity contribution in [1.82, 2.24) is 5.32 Å². The number of hydrogen-bond acceptors (Lipinski definition) is 2. The van der Waals surface area contributed by atoms with E-state index in [0.29, 0.717) is 6.10 Å². The molecule has 0 saturated carbocycles. The maximum Gasteiger partial charge on any atom is 0.0631 e. The van der Waals surface area contributed by atoms with Gasteiger partial charge in [-0.3, -0.25) is 0 Å². The van der Waals surface area contributed by atoms with E-state index in [9.17, 15) is 0 Å². The summed E-state index contributed by atoms with van der Waals surface area (Å²) in [6.45, 7) is 13.6. The number of hydrogen-bond donors (Lipinski definition) is 1. The molecule has 1 rings (SSSR count). The van der Waals surface area contributed by atoms with E-state index >= 15 is 0 Å². The summed E-state index contributed by atoms with van der Waals surface area (Å²) in [5, 5.41) is 3.54. The maximum atomic E-state index is 6.02. The standard InChI is InChI=1S/C15H31NO/c1-12(2)10-16-11-13(3)6-7-14-8-9-15(4,5)17-14/h12-14,16H,6-11H2,1-5H3. The minimum absolute atomic E-state index is 0.129. The second-order valence-corrected chi connectivity index (χ2v) is 6.77. The highest BCUT2D eigenvalue weighted by Crippen LogP contribution is 2.32. The second kappa shape index (κ2) is 6.75. The quantitative estimate of drug-likeness (QED) is 0.735. The lowest BCUT2D eigenvalue weighted by Gasteiger charge is -2.20. The lowest BCUT2D eigenvalue weighted by Crippen LogP contribution is -2.26. The molecule has 1 fully saturated rings. The van der Waals surface area contributed by atoms with E-state index in [4.69, 9.17) is 4.74 Å². The third kappa shape index (κ3) is 6.42. The summed E-state index contributed by atoms with van der Waals surface area (Å²) < 4.78 is 6.02. The zero-order chi connectivity index (χ0) is 12.9. The second-order valence-electron chi connectivity index (χ2n) is 6.77. The molecule has 1 N–H and O–H groups in total. The van der Waals surface area contributed by atoms with Crippen molar-refractivity contribution in [2.24, 2.45) is 11.8 Å². The van der Waals surface area contributed by atoms with Gasteiger partial charge in [-0.15, -0.1) is 0 Å². The molecular formula is C15H31NO.